The van der Waals surface area contributed by atoms with Crippen LogP contribution in [0.2, 0.25) is 0 Å². The van der Waals surface area contributed by atoms with Crippen LogP contribution in [0.3, 0.4) is 0 Å². The number of nitrogens with zero attached hydrogens (tertiary/aromatic N) is 1. The molecule has 6 heteroatoms. The number of rotatable bonds is 6. The Balaban J connectivity index is 2.26. The third kappa shape index (κ3) is 3.68. The van der Waals surface area contributed by atoms with Crippen molar-refractivity contribution in [2.75, 3.05) is 33.7 Å². The number of nitrogens with one attached hydrogen (secondary N) is 1. The minimum absolute atomic E-state index is 0.366. The maximum Gasteiger partial charge on any atom is 0.377 e. The minimum Gasteiger partial charge on any atom is -0.456 e. The second-order valence-electron chi connectivity index (χ2n) is 4.16. The molecule has 0 radical (unpaired) electrons. The molecule has 1 saturated heterocycles. The van der Waals surface area contributed by atoms with Crippen LogP contribution in [0.25, 0.3) is 0 Å². The van der Waals surface area contributed by atoms with Crippen LogP contribution in [0.1, 0.15) is 12.8 Å². The first-order valence-corrected chi connectivity index (χ1v) is 5.38. The van der Waals surface area contributed by atoms with E-state index in [-0.39, 0.29) is 0 Å². The Hall–Kier alpha value is -0.750. The molecule has 94 valence electrons. The van der Waals surface area contributed by atoms with Crippen molar-refractivity contribution in [3.8, 4) is 0 Å². The average Bonchev–Trinajstić information content (AvgIpc) is 2.40. The summed E-state index contributed by atoms with van der Waals surface area (Å²) < 4.78 is 30.3. The Labute approximate surface area is 93.9 Å². The summed E-state index contributed by atoms with van der Waals surface area (Å²) in [6.07, 6.45) is -0.242. The van der Waals surface area contributed by atoms with E-state index in [1.807, 2.05) is 19.0 Å². The van der Waals surface area contributed by atoms with Gasteiger partial charge in [0.25, 0.3) is 0 Å². The van der Waals surface area contributed by atoms with E-state index in [2.05, 4.69) is 10.1 Å². The number of alkyl halides is 2. The molecule has 1 atom stereocenters. The lowest BCUT2D eigenvalue weighted by molar-refractivity contribution is -0.159. The third-order valence-electron chi connectivity index (χ3n) is 2.54. The second-order valence-corrected chi connectivity index (χ2v) is 4.16. The Kier molecular flexibility index (Phi) is 4.61. The van der Waals surface area contributed by atoms with Crippen LogP contribution in [0, 0.1) is 0 Å². The smallest absolute Gasteiger partial charge is 0.377 e. The third-order valence-corrected chi connectivity index (χ3v) is 2.54. The molecule has 1 heterocycles. The van der Waals surface area contributed by atoms with Crippen molar-refractivity contribution in [2.45, 2.75) is 24.9 Å². The molecule has 0 saturated carbocycles. The van der Waals surface area contributed by atoms with E-state index in [9.17, 15) is 13.6 Å². The molecular formula is C10H18F2N2O2. The summed E-state index contributed by atoms with van der Waals surface area (Å²) in [5.41, 5.74) is 0. The number of carbonyl (C=O) groups is 1. The van der Waals surface area contributed by atoms with Crippen LogP contribution in [-0.2, 0) is 9.53 Å². The van der Waals surface area contributed by atoms with E-state index in [0.717, 1.165) is 19.5 Å². The van der Waals surface area contributed by atoms with Gasteiger partial charge in [0.1, 0.15) is 6.10 Å². The zero-order valence-electron chi connectivity index (χ0n) is 9.63. The fourth-order valence-corrected chi connectivity index (χ4v) is 1.72. The Morgan fingerprint density at radius 3 is 2.81 bits per heavy atom. The molecule has 0 bridgehead atoms. The van der Waals surface area contributed by atoms with E-state index in [0.29, 0.717) is 6.54 Å². The summed E-state index contributed by atoms with van der Waals surface area (Å²) >= 11 is 0. The fourth-order valence-electron chi connectivity index (χ4n) is 1.72. The van der Waals surface area contributed by atoms with Crippen molar-refractivity contribution in [1.82, 2.24) is 10.2 Å². The SMILES string of the molecule is CNCCCN(C)CC1CC(F)(F)C(=O)O1. The van der Waals surface area contributed by atoms with Gasteiger partial charge >= 0.3 is 11.9 Å². The lowest BCUT2D eigenvalue weighted by Crippen LogP contribution is -2.31. The van der Waals surface area contributed by atoms with Crippen LogP contribution >= 0.6 is 0 Å². The molecule has 4 nitrogen and oxygen atoms in total. The van der Waals surface area contributed by atoms with E-state index in [1.54, 1.807) is 0 Å². The van der Waals surface area contributed by atoms with Gasteiger partial charge < -0.3 is 15.0 Å². The molecule has 1 rings (SSSR count). The largest absolute Gasteiger partial charge is 0.456 e. The molecule has 1 aliphatic rings. The van der Waals surface area contributed by atoms with E-state index in [1.165, 1.54) is 0 Å². The summed E-state index contributed by atoms with van der Waals surface area (Å²) in [5.74, 6) is -4.68. The van der Waals surface area contributed by atoms with Crippen LogP contribution in [0.15, 0.2) is 0 Å². The molecule has 0 aromatic carbocycles. The molecule has 1 N–H and O–H groups in total. The highest BCUT2D eigenvalue weighted by Crippen LogP contribution is 2.30. The first kappa shape index (κ1) is 13.3. The number of halogens is 2. The average molecular weight is 236 g/mol. The zero-order valence-corrected chi connectivity index (χ0v) is 9.63. The van der Waals surface area contributed by atoms with E-state index in [4.69, 9.17) is 0 Å². The van der Waals surface area contributed by atoms with Gasteiger partial charge in [0.2, 0.25) is 0 Å². The molecule has 16 heavy (non-hydrogen) atoms. The van der Waals surface area contributed by atoms with Gasteiger partial charge in [-0.25, -0.2) is 4.79 Å². The number of likely N-dealkylation sites (N-methyl/N-ethyl adjacent to an activating group) is 1. The molecule has 0 aliphatic carbocycles. The Bertz CT molecular complexity index is 249. The van der Waals surface area contributed by atoms with Crippen molar-refractivity contribution in [3.05, 3.63) is 0 Å². The number of hydrogen-bond acceptors (Lipinski definition) is 4. The van der Waals surface area contributed by atoms with Gasteiger partial charge in [-0.15, -0.1) is 0 Å². The number of carbonyl (C=O) groups excluding carboxylic acids is 1. The molecular weight excluding hydrogens is 218 g/mol. The normalized spacial score (nSPS) is 23.8. The van der Waals surface area contributed by atoms with Crippen LogP contribution < -0.4 is 5.32 Å². The Morgan fingerprint density at radius 2 is 2.31 bits per heavy atom. The lowest BCUT2D eigenvalue weighted by Gasteiger charge is -2.19. The minimum atomic E-state index is -3.30. The van der Waals surface area contributed by atoms with Crippen molar-refractivity contribution in [2.24, 2.45) is 0 Å². The lowest BCUT2D eigenvalue weighted by atomic mass is 10.2. The molecule has 1 unspecified atom stereocenters. The first-order chi connectivity index (χ1) is 7.45. The van der Waals surface area contributed by atoms with Gasteiger partial charge in [-0.05, 0) is 33.6 Å². The van der Waals surface area contributed by atoms with Crippen LogP contribution in [-0.4, -0.2) is 56.6 Å². The molecule has 0 spiro atoms. The van der Waals surface area contributed by atoms with Gasteiger partial charge in [0.15, 0.2) is 0 Å². The van der Waals surface area contributed by atoms with E-state index < -0.39 is 24.4 Å². The highest BCUT2D eigenvalue weighted by atomic mass is 19.3. The molecule has 0 aromatic rings. The highest BCUT2D eigenvalue weighted by Gasteiger charge is 2.50. The number of ether oxygens (including phenoxy) is 1. The van der Waals surface area contributed by atoms with Gasteiger partial charge in [0, 0.05) is 6.54 Å². The first-order valence-electron chi connectivity index (χ1n) is 5.38. The topological polar surface area (TPSA) is 41.6 Å². The van der Waals surface area contributed by atoms with Crippen LogP contribution in [0.4, 0.5) is 8.78 Å². The number of cyclic esters (lactones) is 1. The summed E-state index contributed by atoms with van der Waals surface area (Å²) in [7, 11) is 3.69. The van der Waals surface area contributed by atoms with Crippen molar-refractivity contribution >= 4 is 5.97 Å². The van der Waals surface area contributed by atoms with Gasteiger partial charge in [-0.1, -0.05) is 0 Å². The Morgan fingerprint density at radius 1 is 1.62 bits per heavy atom. The van der Waals surface area contributed by atoms with Gasteiger partial charge in [-0.3, -0.25) is 0 Å². The molecule has 0 aromatic heterocycles. The predicted octanol–water partition coefficient (Wildman–Crippen LogP) is 0.478. The maximum absolute atomic E-state index is 12.8. The summed E-state index contributed by atoms with van der Waals surface area (Å²) in [5, 5.41) is 3.00. The quantitative estimate of drug-likeness (QED) is 0.538. The molecule has 1 fully saturated rings. The van der Waals surface area contributed by atoms with Crippen LogP contribution in [0.5, 0.6) is 0 Å². The van der Waals surface area contributed by atoms with Crippen molar-refractivity contribution < 1.29 is 18.3 Å². The summed E-state index contributed by atoms with van der Waals surface area (Å²) in [6, 6.07) is 0. The number of esters is 1. The monoisotopic (exact) mass is 236 g/mol. The van der Waals surface area contributed by atoms with Crippen molar-refractivity contribution in [3.63, 3.8) is 0 Å². The zero-order chi connectivity index (χ0) is 12.2. The summed E-state index contributed by atoms with van der Waals surface area (Å²) in [6.45, 7) is 2.04. The molecule has 0 amide bonds. The van der Waals surface area contributed by atoms with Gasteiger partial charge in [-0.2, -0.15) is 8.78 Å². The highest BCUT2D eigenvalue weighted by molar-refractivity contribution is 5.79. The second kappa shape index (κ2) is 5.54. The fraction of sp³-hybridized carbons (Fsp3) is 0.900. The van der Waals surface area contributed by atoms with Crippen molar-refractivity contribution in [1.29, 1.82) is 0 Å². The summed E-state index contributed by atoms with van der Waals surface area (Å²) in [4.78, 5) is 12.6. The molecule has 1 aliphatic heterocycles. The number of hydrogen-bond donors (Lipinski definition) is 1. The maximum atomic E-state index is 12.8. The standard InChI is InChI=1S/C10H18F2N2O2/c1-13-4-3-5-14(2)7-8-6-10(11,12)9(15)16-8/h8,13H,3-7H2,1-2H3. The van der Waals surface area contributed by atoms with E-state index >= 15 is 0 Å². The van der Waals surface area contributed by atoms with Gasteiger partial charge in [0.05, 0.1) is 6.42 Å². The predicted molar refractivity (Wildman–Crippen MR) is 55.5 cm³/mol.